The lowest BCUT2D eigenvalue weighted by Gasteiger charge is -2.29. The number of nitrogens with zero attached hydrogens (tertiary/aromatic N) is 1. The van der Waals surface area contributed by atoms with E-state index in [2.05, 4.69) is 5.32 Å². The Morgan fingerprint density at radius 2 is 1.41 bits per heavy atom. The molecule has 1 amide bonds. The van der Waals surface area contributed by atoms with Crippen LogP contribution >= 0.6 is 0 Å². The van der Waals surface area contributed by atoms with Gasteiger partial charge in [-0.1, -0.05) is 93.6 Å². The van der Waals surface area contributed by atoms with Crippen LogP contribution in [0.1, 0.15) is 48.7 Å². The largest absolute Gasteiger partial charge is 0.494 e. The van der Waals surface area contributed by atoms with Crippen LogP contribution in [0.15, 0.2) is 109 Å². The fourth-order valence-corrected chi connectivity index (χ4v) is 4.81. The fraction of sp³-hybridized carbons (Fsp3) is 0.270. The van der Waals surface area contributed by atoms with Crippen molar-refractivity contribution in [2.75, 3.05) is 30.5 Å². The van der Waals surface area contributed by atoms with Crippen molar-refractivity contribution in [2.45, 2.75) is 39.7 Å². The minimum absolute atomic E-state index is 0.0638. The monoisotopic (exact) mass is 592 g/mol. The number of rotatable bonds is 13. The van der Waals surface area contributed by atoms with Gasteiger partial charge in [-0.25, -0.2) is 4.79 Å². The van der Waals surface area contributed by atoms with E-state index in [1.165, 1.54) is 7.11 Å². The zero-order chi connectivity index (χ0) is 31.5. The van der Waals surface area contributed by atoms with Crippen molar-refractivity contribution >= 4 is 29.0 Å². The molecule has 0 saturated heterocycles. The van der Waals surface area contributed by atoms with Crippen LogP contribution in [0.2, 0.25) is 0 Å². The molecule has 0 heterocycles. The molecule has 7 nitrogen and oxygen atoms in total. The van der Waals surface area contributed by atoms with E-state index >= 15 is 0 Å². The second kappa shape index (κ2) is 15.0. The van der Waals surface area contributed by atoms with Crippen molar-refractivity contribution in [3.05, 3.63) is 126 Å². The number of ketones is 1. The number of amides is 1. The Balaban J connectivity index is 1.37. The summed E-state index contributed by atoms with van der Waals surface area (Å²) >= 11 is 0. The molecule has 0 aliphatic rings. The summed E-state index contributed by atoms with van der Waals surface area (Å²) in [5, 5.41) is 3.24. The molecule has 0 bridgehead atoms. The summed E-state index contributed by atoms with van der Waals surface area (Å²) in [5.74, 6) is 0.200. The van der Waals surface area contributed by atoms with Gasteiger partial charge in [-0.15, -0.1) is 0 Å². The van der Waals surface area contributed by atoms with Gasteiger partial charge in [-0.2, -0.15) is 0 Å². The van der Waals surface area contributed by atoms with Gasteiger partial charge in [0.25, 0.3) is 0 Å². The zero-order valence-electron chi connectivity index (χ0n) is 25.8. The van der Waals surface area contributed by atoms with Gasteiger partial charge in [-0.3, -0.25) is 9.59 Å². The molecule has 4 rings (SSSR count). The fourth-order valence-electron chi connectivity index (χ4n) is 4.81. The molecule has 4 aromatic carbocycles. The lowest BCUT2D eigenvalue weighted by molar-refractivity contribution is -0.141. The molecule has 44 heavy (non-hydrogen) atoms. The highest BCUT2D eigenvalue weighted by Gasteiger charge is 2.28. The number of anilines is 2. The summed E-state index contributed by atoms with van der Waals surface area (Å²) in [4.78, 5) is 40.9. The predicted molar refractivity (Wildman–Crippen MR) is 174 cm³/mol. The molecule has 4 aromatic rings. The lowest BCUT2D eigenvalue weighted by atomic mass is 9.94. The average molecular weight is 593 g/mol. The number of benzene rings is 4. The van der Waals surface area contributed by atoms with Gasteiger partial charge in [0.2, 0.25) is 5.91 Å². The molecule has 1 atom stereocenters. The number of methoxy groups -OCH3 is 1. The van der Waals surface area contributed by atoms with Gasteiger partial charge in [0.15, 0.2) is 5.78 Å². The lowest BCUT2D eigenvalue weighted by Crippen LogP contribution is -2.40. The number of hydrogen-bond donors (Lipinski definition) is 1. The third-order valence-electron chi connectivity index (χ3n) is 7.14. The molecule has 0 fully saturated rings. The number of carbonyl (C=O) groups excluding carboxylic acids is 3. The van der Waals surface area contributed by atoms with E-state index in [-0.39, 0.29) is 11.7 Å². The highest BCUT2D eigenvalue weighted by Crippen LogP contribution is 2.24. The quantitative estimate of drug-likeness (QED) is 0.103. The maximum Gasteiger partial charge on any atom is 0.328 e. The van der Waals surface area contributed by atoms with Crippen LogP contribution in [0.3, 0.4) is 0 Å². The van der Waals surface area contributed by atoms with Crippen LogP contribution in [-0.2, 0) is 20.7 Å². The number of para-hydroxylation sites is 2. The molecule has 0 aromatic heterocycles. The standard InChI is InChI=1S/C37H40N2O5/c1-37(2,3)36(42)39(29-16-9-6-10-17-29)24-13-25-44-30-22-20-27(21-23-30)26-33(35(41)43-4)38-32-19-12-11-18-31(32)34(40)28-14-7-5-8-15-28/h5-12,14-23,33,38H,13,24-26H2,1-4H3/t33-/m0/s1. The first kappa shape index (κ1) is 32.0. The zero-order valence-corrected chi connectivity index (χ0v) is 25.8. The van der Waals surface area contributed by atoms with Gasteiger partial charge in [-0.05, 0) is 48.4 Å². The van der Waals surface area contributed by atoms with Crippen molar-refractivity contribution in [3.63, 3.8) is 0 Å². The Bertz CT molecular complexity index is 1530. The van der Waals surface area contributed by atoms with Gasteiger partial charge in [0.05, 0.1) is 13.7 Å². The summed E-state index contributed by atoms with van der Waals surface area (Å²) in [6.45, 7) is 6.75. The average Bonchev–Trinajstić information content (AvgIpc) is 3.05. The predicted octanol–water partition coefficient (Wildman–Crippen LogP) is 6.96. The van der Waals surface area contributed by atoms with E-state index in [0.29, 0.717) is 48.6 Å². The van der Waals surface area contributed by atoms with Crippen LogP contribution in [0.5, 0.6) is 5.75 Å². The minimum Gasteiger partial charge on any atom is -0.494 e. The summed E-state index contributed by atoms with van der Waals surface area (Å²) < 4.78 is 11.1. The van der Waals surface area contributed by atoms with E-state index < -0.39 is 17.4 Å². The summed E-state index contributed by atoms with van der Waals surface area (Å²) in [5.41, 5.74) is 2.89. The molecule has 1 N–H and O–H groups in total. The van der Waals surface area contributed by atoms with Crippen molar-refractivity contribution in [1.29, 1.82) is 0 Å². The van der Waals surface area contributed by atoms with Crippen LogP contribution in [0, 0.1) is 5.41 Å². The number of hydrogen-bond acceptors (Lipinski definition) is 6. The molecule has 0 aliphatic heterocycles. The maximum absolute atomic E-state index is 13.2. The second-order valence-electron chi connectivity index (χ2n) is 11.6. The van der Waals surface area contributed by atoms with Crippen molar-refractivity contribution in [1.82, 2.24) is 0 Å². The smallest absolute Gasteiger partial charge is 0.328 e. The highest BCUT2D eigenvalue weighted by atomic mass is 16.5. The van der Waals surface area contributed by atoms with Crippen LogP contribution in [0.25, 0.3) is 0 Å². The van der Waals surface area contributed by atoms with Crippen LogP contribution in [0.4, 0.5) is 11.4 Å². The third kappa shape index (κ3) is 8.57. The highest BCUT2D eigenvalue weighted by molar-refractivity contribution is 6.12. The molecule has 0 spiro atoms. The summed E-state index contributed by atoms with van der Waals surface area (Å²) in [6, 6.07) is 32.7. The van der Waals surface area contributed by atoms with E-state index in [1.807, 2.05) is 105 Å². The van der Waals surface area contributed by atoms with E-state index in [1.54, 1.807) is 30.3 Å². The Hall–Kier alpha value is -4.91. The Kier molecular flexibility index (Phi) is 10.9. The minimum atomic E-state index is -0.708. The van der Waals surface area contributed by atoms with Crippen molar-refractivity contribution in [3.8, 4) is 5.75 Å². The number of nitrogens with one attached hydrogen (secondary N) is 1. The van der Waals surface area contributed by atoms with Gasteiger partial charge < -0.3 is 19.7 Å². The molecule has 0 saturated carbocycles. The summed E-state index contributed by atoms with van der Waals surface area (Å²) in [6.07, 6.45) is 1.01. The van der Waals surface area contributed by atoms with Crippen LogP contribution in [-0.4, -0.2) is 44.0 Å². The molecular formula is C37H40N2O5. The normalized spacial score (nSPS) is 11.7. The first-order chi connectivity index (χ1) is 21.2. The maximum atomic E-state index is 13.2. The second-order valence-corrected chi connectivity index (χ2v) is 11.6. The Morgan fingerprint density at radius 1 is 0.795 bits per heavy atom. The topological polar surface area (TPSA) is 84.9 Å². The van der Waals surface area contributed by atoms with E-state index in [0.717, 1.165) is 11.3 Å². The van der Waals surface area contributed by atoms with E-state index in [9.17, 15) is 14.4 Å². The van der Waals surface area contributed by atoms with Gasteiger partial charge in [0, 0.05) is 40.9 Å². The molecule has 0 radical (unpaired) electrons. The molecule has 0 unspecified atom stereocenters. The molecule has 228 valence electrons. The van der Waals surface area contributed by atoms with Crippen molar-refractivity contribution < 1.29 is 23.9 Å². The first-order valence-corrected chi connectivity index (χ1v) is 14.8. The van der Waals surface area contributed by atoms with Crippen LogP contribution < -0.4 is 15.0 Å². The first-order valence-electron chi connectivity index (χ1n) is 14.8. The molecule has 7 heteroatoms. The molecular weight excluding hydrogens is 552 g/mol. The molecule has 0 aliphatic carbocycles. The van der Waals surface area contributed by atoms with Crippen molar-refractivity contribution in [2.24, 2.45) is 5.41 Å². The Morgan fingerprint density at radius 3 is 2.05 bits per heavy atom. The van der Waals surface area contributed by atoms with E-state index in [4.69, 9.17) is 9.47 Å². The number of carbonyl (C=O) groups is 3. The summed E-state index contributed by atoms with van der Waals surface area (Å²) in [7, 11) is 1.35. The van der Waals surface area contributed by atoms with Gasteiger partial charge in [0.1, 0.15) is 11.8 Å². The number of ether oxygens (including phenoxy) is 2. The number of esters is 1. The third-order valence-corrected chi connectivity index (χ3v) is 7.14. The Labute approximate surface area is 259 Å². The SMILES string of the molecule is COC(=O)[C@H](Cc1ccc(OCCCN(C(=O)C(C)(C)C)c2ccccc2)cc1)Nc1ccccc1C(=O)c1ccccc1. The van der Waals surface area contributed by atoms with Gasteiger partial charge >= 0.3 is 5.97 Å².